The van der Waals surface area contributed by atoms with Crippen molar-refractivity contribution in [2.24, 2.45) is 5.14 Å². The maximum absolute atomic E-state index is 10.8. The maximum Gasteiger partial charge on any atom is 0.209 e. The van der Waals surface area contributed by atoms with Crippen LogP contribution in [-0.4, -0.2) is 20.8 Å². The van der Waals surface area contributed by atoms with Crippen molar-refractivity contribution in [2.75, 3.05) is 12.4 Å². The van der Waals surface area contributed by atoms with E-state index in [1.165, 1.54) is 30.4 Å². The number of unbranched alkanes of at least 4 members (excludes halogenated alkanes) is 3. The fraction of sp³-hybridized carbons (Fsp3) is 0.600. The summed E-state index contributed by atoms with van der Waals surface area (Å²) >= 11 is 0. The fourth-order valence-corrected chi connectivity index (χ4v) is 3.19. The van der Waals surface area contributed by atoms with Gasteiger partial charge in [-0.05, 0) is 55.4 Å². The number of fused-ring (bicyclic) bond motifs is 1. The number of nitrogens with two attached hydrogens (primary N) is 1. The molecule has 112 valence electrons. The van der Waals surface area contributed by atoms with Gasteiger partial charge >= 0.3 is 0 Å². The molecule has 1 aliphatic rings. The number of hydrogen-bond acceptors (Lipinski definition) is 3. The molecule has 0 bridgehead atoms. The number of rotatable bonds is 8. The van der Waals surface area contributed by atoms with E-state index in [1.54, 1.807) is 0 Å². The molecule has 1 aromatic rings. The normalized spacial score (nSPS) is 14.2. The zero-order valence-corrected chi connectivity index (χ0v) is 12.6. The van der Waals surface area contributed by atoms with Crippen molar-refractivity contribution in [3.05, 3.63) is 29.3 Å². The van der Waals surface area contributed by atoms with Gasteiger partial charge in [-0.3, -0.25) is 0 Å². The second kappa shape index (κ2) is 7.09. The Morgan fingerprint density at radius 1 is 1.05 bits per heavy atom. The number of sulfonamides is 1. The van der Waals surface area contributed by atoms with Crippen LogP contribution in [0.3, 0.4) is 0 Å². The molecule has 2 N–H and O–H groups in total. The first-order valence-corrected chi connectivity index (χ1v) is 9.01. The summed E-state index contributed by atoms with van der Waals surface area (Å²) in [7, 11) is -3.30. The Balaban J connectivity index is 1.59. The van der Waals surface area contributed by atoms with Gasteiger partial charge in [-0.2, -0.15) is 0 Å². The minimum Gasteiger partial charge on any atom is -0.494 e. The van der Waals surface area contributed by atoms with Crippen LogP contribution in [-0.2, 0) is 22.9 Å². The molecule has 0 fully saturated rings. The molecule has 0 saturated carbocycles. The highest BCUT2D eigenvalue weighted by molar-refractivity contribution is 7.89. The van der Waals surface area contributed by atoms with Crippen molar-refractivity contribution in [3.63, 3.8) is 0 Å². The minimum atomic E-state index is -3.30. The highest BCUT2D eigenvalue weighted by Crippen LogP contribution is 2.26. The summed E-state index contributed by atoms with van der Waals surface area (Å²) in [6.07, 6.45) is 7.05. The van der Waals surface area contributed by atoms with Gasteiger partial charge in [0.05, 0.1) is 12.4 Å². The van der Waals surface area contributed by atoms with E-state index >= 15 is 0 Å². The average molecular weight is 297 g/mol. The quantitative estimate of drug-likeness (QED) is 0.749. The molecular weight excluding hydrogens is 274 g/mol. The third-order valence-electron chi connectivity index (χ3n) is 3.66. The molecule has 4 nitrogen and oxygen atoms in total. The van der Waals surface area contributed by atoms with Gasteiger partial charge < -0.3 is 4.74 Å². The second-order valence-corrected chi connectivity index (χ2v) is 7.15. The Kier molecular flexibility index (Phi) is 5.43. The minimum absolute atomic E-state index is 0.0820. The van der Waals surface area contributed by atoms with E-state index in [2.05, 4.69) is 12.1 Å². The van der Waals surface area contributed by atoms with Gasteiger partial charge in [-0.1, -0.05) is 18.9 Å². The molecule has 0 spiro atoms. The van der Waals surface area contributed by atoms with E-state index < -0.39 is 10.0 Å². The first-order valence-electron chi connectivity index (χ1n) is 7.30. The Bertz CT molecular complexity index is 540. The lowest BCUT2D eigenvalue weighted by Crippen LogP contribution is -2.16. The Morgan fingerprint density at radius 3 is 2.60 bits per heavy atom. The number of primary sulfonamides is 1. The first kappa shape index (κ1) is 15.3. The molecule has 0 aliphatic heterocycles. The number of benzene rings is 1. The smallest absolute Gasteiger partial charge is 0.209 e. The van der Waals surface area contributed by atoms with Crippen LogP contribution in [0.5, 0.6) is 5.75 Å². The zero-order chi connectivity index (χ0) is 14.4. The van der Waals surface area contributed by atoms with Crippen LogP contribution in [0.1, 0.15) is 43.2 Å². The lowest BCUT2D eigenvalue weighted by Gasteiger charge is -2.08. The van der Waals surface area contributed by atoms with Crippen molar-refractivity contribution < 1.29 is 13.2 Å². The third kappa shape index (κ3) is 5.13. The van der Waals surface area contributed by atoms with Crippen LogP contribution in [0.15, 0.2) is 18.2 Å². The molecule has 1 aromatic carbocycles. The van der Waals surface area contributed by atoms with Gasteiger partial charge in [0.15, 0.2) is 0 Å². The lowest BCUT2D eigenvalue weighted by molar-refractivity contribution is 0.305. The van der Waals surface area contributed by atoms with E-state index in [4.69, 9.17) is 9.88 Å². The summed E-state index contributed by atoms with van der Waals surface area (Å²) in [5.41, 5.74) is 2.89. The van der Waals surface area contributed by atoms with E-state index in [0.717, 1.165) is 25.0 Å². The number of hydrogen-bond donors (Lipinski definition) is 1. The van der Waals surface area contributed by atoms with Gasteiger partial charge in [0.2, 0.25) is 10.0 Å². The summed E-state index contributed by atoms with van der Waals surface area (Å²) in [5.74, 6) is 1.04. The second-order valence-electron chi connectivity index (χ2n) is 5.41. The first-order chi connectivity index (χ1) is 9.54. The standard InChI is InChI=1S/C15H23NO3S/c16-20(17,18)11-4-2-1-3-10-19-15-9-8-13-6-5-7-14(13)12-15/h8-9,12H,1-7,10-11H2,(H2,16,17,18). The van der Waals surface area contributed by atoms with Crippen molar-refractivity contribution in [1.29, 1.82) is 0 Å². The summed E-state index contributed by atoms with van der Waals surface area (Å²) in [6, 6.07) is 6.37. The van der Waals surface area contributed by atoms with Crippen LogP contribution in [0.25, 0.3) is 0 Å². The Labute approximate surface area is 121 Å². The third-order valence-corrected chi connectivity index (χ3v) is 4.52. The predicted molar refractivity (Wildman–Crippen MR) is 80.4 cm³/mol. The summed E-state index contributed by atoms with van der Waals surface area (Å²) in [5, 5.41) is 4.94. The van der Waals surface area contributed by atoms with Gasteiger partial charge in [0.1, 0.15) is 5.75 Å². The summed E-state index contributed by atoms with van der Waals surface area (Å²) in [4.78, 5) is 0. The molecule has 0 unspecified atom stereocenters. The van der Waals surface area contributed by atoms with E-state index in [0.29, 0.717) is 13.0 Å². The van der Waals surface area contributed by atoms with Gasteiger partial charge in [-0.15, -0.1) is 0 Å². The van der Waals surface area contributed by atoms with Crippen LogP contribution >= 0.6 is 0 Å². The van der Waals surface area contributed by atoms with Crippen LogP contribution in [0, 0.1) is 0 Å². The number of ether oxygens (including phenoxy) is 1. The van der Waals surface area contributed by atoms with Crippen molar-refractivity contribution >= 4 is 10.0 Å². The molecule has 0 atom stereocenters. The monoisotopic (exact) mass is 297 g/mol. The molecule has 5 heteroatoms. The zero-order valence-electron chi connectivity index (χ0n) is 11.8. The molecule has 0 heterocycles. The maximum atomic E-state index is 10.8. The molecule has 0 aromatic heterocycles. The SMILES string of the molecule is NS(=O)(=O)CCCCCCOc1ccc2c(c1)CCC2. The Hall–Kier alpha value is -1.07. The molecule has 0 radical (unpaired) electrons. The van der Waals surface area contributed by atoms with Crippen LogP contribution in [0.2, 0.25) is 0 Å². The predicted octanol–water partition coefficient (Wildman–Crippen LogP) is 2.40. The summed E-state index contributed by atoms with van der Waals surface area (Å²) in [6.45, 7) is 0.689. The molecular formula is C15H23NO3S. The molecule has 20 heavy (non-hydrogen) atoms. The van der Waals surface area contributed by atoms with Crippen molar-refractivity contribution in [3.8, 4) is 5.75 Å². The van der Waals surface area contributed by atoms with Crippen LogP contribution < -0.4 is 9.88 Å². The molecule has 0 saturated heterocycles. The Morgan fingerprint density at radius 2 is 1.80 bits per heavy atom. The van der Waals surface area contributed by atoms with E-state index in [-0.39, 0.29) is 5.75 Å². The largest absolute Gasteiger partial charge is 0.494 e. The van der Waals surface area contributed by atoms with Crippen molar-refractivity contribution in [2.45, 2.75) is 44.9 Å². The van der Waals surface area contributed by atoms with Gasteiger partial charge in [0.25, 0.3) is 0 Å². The number of aryl methyl sites for hydroxylation is 2. The van der Waals surface area contributed by atoms with Gasteiger partial charge in [-0.25, -0.2) is 13.6 Å². The van der Waals surface area contributed by atoms with E-state index in [9.17, 15) is 8.42 Å². The van der Waals surface area contributed by atoms with Crippen molar-refractivity contribution in [1.82, 2.24) is 0 Å². The highest BCUT2D eigenvalue weighted by Gasteiger charge is 2.10. The molecule has 2 rings (SSSR count). The van der Waals surface area contributed by atoms with Gasteiger partial charge in [0, 0.05) is 0 Å². The fourth-order valence-electron chi connectivity index (χ4n) is 2.59. The summed E-state index contributed by atoms with van der Waals surface area (Å²) < 4.78 is 27.2. The van der Waals surface area contributed by atoms with E-state index in [1.807, 2.05) is 6.07 Å². The molecule has 1 aliphatic carbocycles. The topological polar surface area (TPSA) is 69.4 Å². The molecule has 0 amide bonds. The lowest BCUT2D eigenvalue weighted by atomic mass is 10.1. The van der Waals surface area contributed by atoms with Crippen LogP contribution in [0.4, 0.5) is 0 Å². The highest BCUT2D eigenvalue weighted by atomic mass is 32.2. The average Bonchev–Trinajstić information content (AvgIpc) is 2.83.